The van der Waals surface area contributed by atoms with Gasteiger partial charge >= 0.3 is 5.97 Å². The average molecular weight is 259 g/mol. The van der Waals surface area contributed by atoms with E-state index in [4.69, 9.17) is 0 Å². The van der Waals surface area contributed by atoms with Gasteiger partial charge in [0.05, 0.1) is 7.11 Å². The van der Waals surface area contributed by atoms with Gasteiger partial charge in [-0.2, -0.15) is 0 Å². The topological polar surface area (TPSA) is 26.3 Å². The Morgan fingerprint density at radius 1 is 1.57 bits per heavy atom. The van der Waals surface area contributed by atoms with Gasteiger partial charge in [0.2, 0.25) is 0 Å². The van der Waals surface area contributed by atoms with Crippen molar-refractivity contribution >= 4 is 28.0 Å². The van der Waals surface area contributed by atoms with Gasteiger partial charge in [0.25, 0.3) is 0 Å². The Morgan fingerprint density at radius 3 is 2.86 bits per heavy atom. The normalized spacial score (nSPS) is 10.5. The largest absolute Gasteiger partial charge is 0.466 e. The average Bonchev–Trinajstić information content (AvgIpc) is 2.16. The second-order valence-electron chi connectivity index (χ2n) is 2.52. The molecule has 0 fully saturated rings. The van der Waals surface area contributed by atoms with Gasteiger partial charge in [-0.25, -0.2) is 9.18 Å². The van der Waals surface area contributed by atoms with Crippen molar-refractivity contribution in [3.05, 3.63) is 40.1 Å². The van der Waals surface area contributed by atoms with Crippen LogP contribution in [0.5, 0.6) is 0 Å². The molecule has 0 heterocycles. The van der Waals surface area contributed by atoms with Gasteiger partial charge in [-0.3, -0.25) is 0 Å². The lowest BCUT2D eigenvalue weighted by atomic mass is 10.2. The molecule has 0 aliphatic carbocycles. The molecule has 0 amide bonds. The van der Waals surface area contributed by atoms with Crippen LogP contribution in [0.2, 0.25) is 0 Å². The molecule has 4 heteroatoms. The zero-order chi connectivity index (χ0) is 10.6. The highest BCUT2D eigenvalue weighted by Gasteiger charge is 1.99. The summed E-state index contributed by atoms with van der Waals surface area (Å²) in [5.74, 6) is -0.896. The van der Waals surface area contributed by atoms with E-state index in [-0.39, 0.29) is 5.82 Å². The summed E-state index contributed by atoms with van der Waals surface area (Å²) < 4.78 is 18.2. The van der Waals surface area contributed by atoms with E-state index >= 15 is 0 Å². The first-order chi connectivity index (χ1) is 6.63. The zero-order valence-corrected chi connectivity index (χ0v) is 9.05. The first-order valence-corrected chi connectivity index (χ1v) is 4.64. The summed E-state index contributed by atoms with van der Waals surface area (Å²) in [5, 5.41) is 0. The number of hydrogen-bond acceptors (Lipinski definition) is 2. The molecule has 1 aromatic rings. The Balaban J connectivity index is 2.87. The van der Waals surface area contributed by atoms with Crippen LogP contribution in [-0.2, 0) is 9.53 Å². The lowest BCUT2D eigenvalue weighted by molar-refractivity contribution is -0.134. The minimum atomic E-state index is -0.507. The smallest absolute Gasteiger partial charge is 0.330 e. The fourth-order valence-electron chi connectivity index (χ4n) is 0.863. The third kappa shape index (κ3) is 2.96. The lowest BCUT2D eigenvalue weighted by Crippen LogP contribution is -1.93. The third-order valence-corrected chi connectivity index (χ3v) is 2.06. The van der Waals surface area contributed by atoms with E-state index in [1.807, 2.05) is 0 Å². The number of benzene rings is 1. The minimum Gasteiger partial charge on any atom is -0.466 e. The summed E-state index contributed by atoms with van der Waals surface area (Å²) in [6.45, 7) is 0. The van der Waals surface area contributed by atoms with Gasteiger partial charge in [0.15, 0.2) is 0 Å². The maximum Gasteiger partial charge on any atom is 0.330 e. The monoisotopic (exact) mass is 258 g/mol. The predicted octanol–water partition coefficient (Wildman–Crippen LogP) is 2.77. The van der Waals surface area contributed by atoms with Crippen LogP contribution >= 0.6 is 15.9 Å². The predicted molar refractivity (Wildman–Crippen MR) is 55.2 cm³/mol. The van der Waals surface area contributed by atoms with E-state index in [9.17, 15) is 9.18 Å². The van der Waals surface area contributed by atoms with E-state index in [0.717, 1.165) is 0 Å². The molecule has 0 aliphatic rings. The molecule has 14 heavy (non-hydrogen) atoms. The number of carbonyl (C=O) groups is 1. The molecule has 0 spiro atoms. The summed E-state index contributed by atoms with van der Waals surface area (Å²) in [5.41, 5.74) is 0.346. The Hall–Kier alpha value is -1.16. The second-order valence-corrected chi connectivity index (χ2v) is 3.44. The highest BCUT2D eigenvalue weighted by molar-refractivity contribution is 9.10. The highest BCUT2D eigenvalue weighted by Crippen LogP contribution is 2.16. The van der Waals surface area contributed by atoms with Crippen molar-refractivity contribution < 1.29 is 13.9 Å². The van der Waals surface area contributed by atoms with E-state index < -0.39 is 5.97 Å². The Bertz CT molecular complexity index is 374. The molecule has 0 saturated heterocycles. The number of hydrogen-bond donors (Lipinski definition) is 0. The number of esters is 1. The van der Waals surface area contributed by atoms with E-state index in [1.165, 1.54) is 25.3 Å². The van der Waals surface area contributed by atoms with Gasteiger partial charge < -0.3 is 4.74 Å². The molecular weight excluding hydrogens is 251 g/mol. The fourth-order valence-corrected chi connectivity index (χ4v) is 1.20. The van der Waals surface area contributed by atoms with Gasteiger partial charge in [-0.05, 0) is 18.2 Å². The summed E-state index contributed by atoms with van der Waals surface area (Å²) >= 11 is 3.13. The van der Waals surface area contributed by atoms with Gasteiger partial charge in [0, 0.05) is 16.1 Å². The van der Waals surface area contributed by atoms with Gasteiger partial charge in [-0.15, -0.1) is 0 Å². The highest BCUT2D eigenvalue weighted by atomic mass is 79.9. The molecule has 0 N–H and O–H groups in total. The van der Waals surface area contributed by atoms with Crippen molar-refractivity contribution in [1.29, 1.82) is 0 Å². The van der Waals surface area contributed by atoms with Crippen molar-refractivity contribution in [2.45, 2.75) is 0 Å². The number of ether oxygens (including phenoxy) is 1. The maximum atomic E-state index is 13.2. The SMILES string of the molecule is COC(=O)/C=C/c1ccc(Br)cc1F. The number of methoxy groups -OCH3 is 1. The van der Waals surface area contributed by atoms with Crippen molar-refractivity contribution in [3.8, 4) is 0 Å². The van der Waals surface area contributed by atoms with Crippen LogP contribution in [0.4, 0.5) is 4.39 Å². The summed E-state index contributed by atoms with van der Waals surface area (Å²) in [4.78, 5) is 10.7. The molecule has 2 nitrogen and oxygen atoms in total. The molecule has 0 aliphatic heterocycles. The number of halogens is 2. The first-order valence-electron chi connectivity index (χ1n) is 3.84. The Morgan fingerprint density at radius 2 is 2.29 bits per heavy atom. The summed E-state index contributed by atoms with van der Waals surface area (Å²) in [6, 6.07) is 4.59. The van der Waals surface area contributed by atoms with Crippen LogP contribution in [0.25, 0.3) is 6.08 Å². The minimum absolute atomic E-state index is 0.346. The Labute approximate surface area is 89.5 Å². The standard InChI is InChI=1S/C10H8BrFO2/c1-14-10(13)5-3-7-2-4-8(11)6-9(7)12/h2-6H,1H3/b5-3+. The molecule has 74 valence electrons. The van der Waals surface area contributed by atoms with E-state index in [1.54, 1.807) is 12.1 Å². The van der Waals surface area contributed by atoms with Crippen LogP contribution in [-0.4, -0.2) is 13.1 Å². The fraction of sp³-hybridized carbons (Fsp3) is 0.100. The molecule has 0 unspecified atom stereocenters. The second kappa shape index (κ2) is 4.91. The van der Waals surface area contributed by atoms with Crippen LogP contribution in [0, 0.1) is 5.82 Å². The van der Waals surface area contributed by atoms with Gasteiger partial charge in [0.1, 0.15) is 5.82 Å². The summed E-state index contributed by atoms with van der Waals surface area (Å²) in [7, 11) is 1.27. The molecular formula is C10H8BrFO2. The molecule has 1 rings (SSSR count). The van der Waals surface area contributed by atoms with Crippen LogP contribution < -0.4 is 0 Å². The van der Waals surface area contributed by atoms with E-state index in [0.29, 0.717) is 10.0 Å². The molecule has 0 saturated carbocycles. The number of rotatable bonds is 2. The van der Waals surface area contributed by atoms with Crippen molar-refractivity contribution in [2.75, 3.05) is 7.11 Å². The summed E-state index contributed by atoms with van der Waals surface area (Å²) in [6.07, 6.45) is 2.54. The van der Waals surface area contributed by atoms with E-state index in [2.05, 4.69) is 20.7 Å². The van der Waals surface area contributed by atoms with Crippen molar-refractivity contribution in [3.63, 3.8) is 0 Å². The van der Waals surface area contributed by atoms with Crippen LogP contribution in [0.1, 0.15) is 5.56 Å². The van der Waals surface area contributed by atoms with Crippen LogP contribution in [0.15, 0.2) is 28.7 Å². The molecule has 0 aromatic heterocycles. The maximum absolute atomic E-state index is 13.2. The number of carbonyl (C=O) groups excluding carboxylic acids is 1. The lowest BCUT2D eigenvalue weighted by Gasteiger charge is -1.96. The molecule has 0 radical (unpaired) electrons. The first kappa shape index (κ1) is 10.9. The van der Waals surface area contributed by atoms with Crippen molar-refractivity contribution in [2.24, 2.45) is 0 Å². The molecule has 1 aromatic carbocycles. The third-order valence-electron chi connectivity index (χ3n) is 1.56. The molecule has 0 atom stereocenters. The zero-order valence-electron chi connectivity index (χ0n) is 7.46. The van der Waals surface area contributed by atoms with Crippen molar-refractivity contribution in [1.82, 2.24) is 0 Å². The van der Waals surface area contributed by atoms with Gasteiger partial charge in [-0.1, -0.05) is 22.0 Å². The quantitative estimate of drug-likeness (QED) is 0.603. The van der Waals surface area contributed by atoms with Crippen LogP contribution in [0.3, 0.4) is 0 Å². The Kier molecular flexibility index (Phi) is 3.83. The molecule has 0 bridgehead atoms.